The smallest absolute Gasteiger partial charge is 0.233 e. The SMILES string of the molecule is COc1ccc(CC(=O)N(Cc2cccnc2)c2nc3c(C(C)C)cccc3s2)cc1C. The van der Waals surface area contributed by atoms with Gasteiger partial charge in [-0.2, -0.15) is 0 Å². The van der Waals surface area contributed by atoms with E-state index in [0.29, 0.717) is 17.6 Å². The molecule has 6 heteroatoms. The molecule has 0 saturated carbocycles. The highest BCUT2D eigenvalue weighted by molar-refractivity contribution is 7.22. The average molecular weight is 446 g/mol. The third-order valence-electron chi connectivity index (χ3n) is 5.47. The maximum Gasteiger partial charge on any atom is 0.233 e. The van der Waals surface area contributed by atoms with Gasteiger partial charge in [-0.3, -0.25) is 14.7 Å². The fourth-order valence-electron chi connectivity index (χ4n) is 3.80. The van der Waals surface area contributed by atoms with Gasteiger partial charge in [-0.05, 0) is 53.3 Å². The molecule has 0 aliphatic heterocycles. The zero-order valence-corrected chi connectivity index (χ0v) is 19.6. The number of benzene rings is 2. The van der Waals surface area contributed by atoms with E-state index in [1.54, 1.807) is 35.7 Å². The Bertz CT molecular complexity index is 1230. The number of hydrogen-bond acceptors (Lipinski definition) is 5. The zero-order chi connectivity index (χ0) is 22.7. The van der Waals surface area contributed by atoms with Gasteiger partial charge >= 0.3 is 0 Å². The Morgan fingerprint density at radius 3 is 2.66 bits per heavy atom. The van der Waals surface area contributed by atoms with Crippen LogP contribution in [0.25, 0.3) is 10.2 Å². The first-order valence-electron chi connectivity index (χ1n) is 10.7. The second-order valence-electron chi connectivity index (χ2n) is 8.17. The van der Waals surface area contributed by atoms with Crippen molar-refractivity contribution >= 4 is 32.6 Å². The van der Waals surface area contributed by atoms with E-state index in [4.69, 9.17) is 9.72 Å². The molecule has 164 valence electrons. The molecule has 5 nitrogen and oxygen atoms in total. The number of nitrogens with zero attached hydrogens (tertiary/aromatic N) is 3. The normalized spacial score (nSPS) is 11.2. The van der Waals surface area contributed by atoms with Crippen LogP contribution in [-0.4, -0.2) is 23.0 Å². The van der Waals surface area contributed by atoms with Gasteiger partial charge in [0.15, 0.2) is 5.13 Å². The molecule has 0 N–H and O–H groups in total. The molecule has 2 aromatic heterocycles. The highest BCUT2D eigenvalue weighted by Crippen LogP contribution is 2.34. The van der Waals surface area contributed by atoms with Gasteiger partial charge < -0.3 is 4.74 Å². The Morgan fingerprint density at radius 2 is 1.97 bits per heavy atom. The molecule has 0 aliphatic carbocycles. The summed E-state index contributed by atoms with van der Waals surface area (Å²) in [7, 11) is 1.65. The Labute approximate surface area is 192 Å². The lowest BCUT2D eigenvalue weighted by Gasteiger charge is -2.20. The number of aryl methyl sites for hydroxylation is 1. The number of para-hydroxylation sites is 1. The molecular weight excluding hydrogens is 418 g/mol. The van der Waals surface area contributed by atoms with Crippen LogP contribution >= 0.6 is 11.3 Å². The molecule has 0 fully saturated rings. The maximum atomic E-state index is 13.5. The van der Waals surface area contributed by atoms with Crippen LogP contribution < -0.4 is 9.64 Å². The van der Waals surface area contributed by atoms with Gasteiger partial charge in [0.05, 0.1) is 30.3 Å². The van der Waals surface area contributed by atoms with Crippen molar-refractivity contribution in [3.8, 4) is 5.75 Å². The molecule has 0 radical (unpaired) electrons. The summed E-state index contributed by atoms with van der Waals surface area (Å²) in [6.07, 6.45) is 3.82. The molecule has 0 bridgehead atoms. The molecule has 2 aromatic carbocycles. The summed E-state index contributed by atoms with van der Waals surface area (Å²) in [6, 6.07) is 16.0. The van der Waals surface area contributed by atoms with E-state index in [2.05, 4.69) is 37.0 Å². The number of rotatable bonds is 7. The molecule has 1 amide bonds. The quantitative estimate of drug-likeness (QED) is 0.355. The number of ether oxygens (including phenoxy) is 1. The lowest BCUT2D eigenvalue weighted by Crippen LogP contribution is -2.31. The van der Waals surface area contributed by atoms with Crippen LogP contribution in [0.1, 0.15) is 42.0 Å². The summed E-state index contributed by atoms with van der Waals surface area (Å²) < 4.78 is 6.45. The summed E-state index contributed by atoms with van der Waals surface area (Å²) in [5.41, 5.74) is 5.11. The Kier molecular flexibility index (Phi) is 6.51. The largest absolute Gasteiger partial charge is 0.496 e. The van der Waals surface area contributed by atoms with Gasteiger partial charge in [0.25, 0.3) is 0 Å². The Balaban J connectivity index is 1.70. The van der Waals surface area contributed by atoms with Crippen LogP contribution in [0.2, 0.25) is 0 Å². The molecule has 0 aliphatic rings. The van der Waals surface area contributed by atoms with Crippen molar-refractivity contribution in [3.05, 3.63) is 83.2 Å². The molecular formula is C26H27N3O2S. The highest BCUT2D eigenvalue weighted by Gasteiger charge is 2.22. The molecule has 2 heterocycles. The number of aromatic nitrogens is 2. The maximum absolute atomic E-state index is 13.5. The van der Waals surface area contributed by atoms with Crippen LogP contribution in [0, 0.1) is 6.92 Å². The van der Waals surface area contributed by atoms with E-state index in [-0.39, 0.29) is 12.3 Å². The van der Waals surface area contributed by atoms with Gasteiger partial charge in [0.2, 0.25) is 5.91 Å². The van der Waals surface area contributed by atoms with E-state index in [1.165, 1.54) is 5.56 Å². The number of amides is 1. The number of anilines is 1. The minimum absolute atomic E-state index is 0.00331. The van der Waals surface area contributed by atoms with Crippen molar-refractivity contribution in [2.75, 3.05) is 12.0 Å². The molecule has 0 unspecified atom stereocenters. The fraction of sp³-hybridized carbons (Fsp3) is 0.269. The second kappa shape index (κ2) is 9.49. The van der Waals surface area contributed by atoms with Crippen molar-refractivity contribution < 1.29 is 9.53 Å². The van der Waals surface area contributed by atoms with Gasteiger partial charge in [-0.15, -0.1) is 0 Å². The van der Waals surface area contributed by atoms with E-state index < -0.39 is 0 Å². The predicted molar refractivity (Wildman–Crippen MR) is 131 cm³/mol. The van der Waals surface area contributed by atoms with Crippen LogP contribution in [0.3, 0.4) is 0 Å². The number of carbonyl (C=O) groups excluding carboxylic acids is 1. The number of thiazole rings is 1. The first kappa shape index (κ1) is 22.0. The fourth-order valence-corrected chi connectivity index (χ4v) is 4.81. The number of methoxy groups -OCH3 is 1. The summed E-state index contributed by atoms with van der Waals surface area (Å²) in [6.45, 7) is 6.75. The predicted octanol–water partition coefficient (Wildman–Crippen LogP) is 5.91. The van der Waals surface area contributed by atoms with Crippen LogP contribution in [-0.2, 0) is 17.8 Å². The third-order valence-corrected chi connectivity index (χ3v) is 6.51. The van der Waals surface area contributed by atoms with E-state index in [1.807, 2.05) is 37.3 Å². The molecule has 4 rings (SSSR count). The topological polar surface area (TPSA) is 55.3 Å². The van der Waals surface area contributed by atoms with Crippen molar-refractivity contribution in [2.24, 2.45) is 0 Å². The summed E-state index contributed by atoms with van der Waals surface area (Å²) in [5.74, 6) is 1.18. The summed E-state index contributed by atoms with van der Waals surface area (Å²) in [5, 5.41) is 0.715. The molecule has 0 saturated heterocycles. The van der Waals surface area contributed by atoms with Crippen LogP contribution in [0.15, 0.2) is 60.9 Å². The minimum atomic E-state index is 0.00331. The van der Waals surface area contributed by atoms with Crippen molar-refractivity contribution in [1.82, 2.24) is 9.97 Å². The van der Waals surface area contributed by atoms with Crippen molar-refractivity contribution in [1.29, 1.82) is 0 Å². The minimum Gasteiger partial charge on any atom is -0.496 e. The number of fused-ring (bicyclic) bond motifs is 1. The first-order valence-corrected chi connectivity index (χ1v) is 11.5. The van der Waals surface area contributed by atoms with E-state index in [9.17, 15) is 4.79 Å². The van der Waals surface area contributed by atoms with Gasteiger partial charge in [0.1, 0.15) is 5.75 Å². The molecule has 4 aromatic rings. The molecule has 0 atom stereocenters. The zero-order valence-electron chi connectivity index (χ0n) is 18.8. The lowest BCUT2D eigenvalue weighted by molar-refractivity contribution is -0.118. The molecule has 0 spiro atoms. The van der Waals surface area contributed by atoms with E-state index >= 15 is 0 Å². The number of pyridine rings is 1. The van der Waals surface area contributed by atoms with E-state index in [0.717, 1.165) is 32.7 Å². The highest BCUT2D eigenvalue weighted by atomic mass is 32.1. The average Bonchev–Trinajstić information content (AvgIpc) is 3.22. The molecule has 32 heavy (non-hydrogen) atoms. The van der Waals surface area contributed by atoms with Crippen molar-refractivity contribution in [3.63, 3.8) is 0 Å². The standard InChI is InChI=1S/C26H27N3O2S/c1-17(2)21-8-5-9-23-25(21)28-26(32-23)29(16-20-7-6-12-27-15-20)24(30)14-19-10-11-22(31-4)18(3)13-19/h5-13,15,17H,14,16H2,1-4H3. The monoisotopic (exact) mass is 445 g/mol. The first-order chi connectivity index (χ1) is 15.5. The van der Waals surface area contributed by atoms with Gasteiger partial charge in [-0.25, -0.2) is 4.98 Å². The summed E-state index contributed by atoms with van der Waals surface area (Å²) >= 11 is 1.56. The van der Waals surface area contributed by atoms with Crippen LogP contribution in [0.5, 0.6) is 5.75 Å². The lowest BCUT2D eigenvalue weighted by atomic mass is 10.0. The second-order valence-corrected chi connectivity index (χ2v) is 9.18. The number of carbonyl (C=O) groups is 1. The Morgan fingerprint density at radius 1 is 1.12 bits per heavy atom. The van der Waals surface area contributed by atoms with Gasteiger partial charge in [0, 0.05) is 12.4 Å². The number of hydrogen-bond donors (Lipinski definition) is 0. The third kappa shape index (κ3) is 4.65. The van der Waals surface area contributed by atoms with Crippen molar-refractivity contribution in [2.45, 2.75) is 39.7 Å². The van der Waals surface area contributed by atoms with Crippen LogP contribution in [0.4, 0.5) is 5.13 Å². The van der Waals surface area contributed by atoms with Gasteiger partial charge in [-0.1, -0.05) is 55.5 Å². The Hall–Kier alpha value is -3.25. The summed E-state index contributed by atoms with van der Waals surface area (Å²) in [4.78, 5) is 24.4.